The van der Waals surface area contributed by atoms with E-state index in [1.54, 1.807) is 4.70 Å². The predicted molar refractivity (Wildman–Crippen MR) is 349 cm³/mol. The fourth-order valence-electron chi connectivity index (χ4n) is 11.4. The third-order valence-corrected chi connectivity index (χ3v) is 17.1. The molecule has 0 fully saturated rings. The average Bonchev–Trinajstić information content (AvgIpc) is 3.89. The van der Waals surface area contributed by atoms with Gasteiger partial charge in [0.2, 0.25) is 11.4 Å². The molecule has 79 heavy (non-hydrogen) atoms. The molecule has 0 saturated carbocycles. The Kier molecular flexibility index (Phi) is 49.7. The summed E-state index contributed by atoms with van der Waals surface area (Å²) >= 11 is 1.32. The molecule has 450 valence electrons. The fraction of sp³-hybridized carbons (Fsp3) is 0.737. The number of hydrogen-bond acceptors (Lipinski definition) is 0. The van der Waals surface area contributed by atoms with Gasteiger partial charge >= 0.3 is 164 Å². The van der Waals surface area contributed by atoms with Crippen molar-refractivity contribution in [3.8, 4) is 21.6 Å². The van der Waals surface area contributed by atoms with Gasteiger partial charge in [-0.1, -0.05) is 207 Å². The van der Waals surface area contributed by atoms with Crippen LogP contribution in [0.4, 0.5) is 0 Å². The van der Waals surface area contributed by atoms with Crippen LogP contribution in [0.1, 0.15) is 372 Å². The Bertz CT molecular complexity index is 1810. The van der Waals surface area contributed by atoms with E-state index in [1.165, 1.54) is 294 Å². The van der Waals surface area contributed by atoms with Crippen LogP contribution >= 0.6 is 0 Å². The summed E-state index contributed by atoms with van der Waals surface area (Å²) in [7, 11) is 0. The molecular formula is C76H126N2Ni. The van der Waals surface area contributed by atoms with Crippen molar-refractivity contribution in [1.82, 2.24) is 0 Å². The van der Waals surface area contributed by atoms with Gasteiger partial charge in [0.05, 0.1) is 0 Å². The summed E-state index contributed by atoms with van der Waals surface area (Å²) in [5.74, 6) is 6.63. The van der Waals surface area contributed by atoms with E-state index in [1.807, 2.05) is 0 Å². The molecule has 0 unspecified atom stereocenters. The third-order valence-electron chi connectivity index (χ3n) is 16.5. The van der Waals surface area contributed by atoms with Crippen molar-refractivity contribution in [3.63, 3.8) is 0 Å². The van der Waals surface area contributed by atoms with E-state index in [0.29, 0.717) is 0 Å². The van der Waals surface area contributed by atoms with Crippen LogP contribution in [-0.4, -0.2) is 4.70 Å². The summed E-state index contributed by atoms with van der Waals surface area (Å²) in [5, 5.41) is 0. The summed E-state index contributed by atoms with van der Waals surface area (Å²) in [4.78, 5) is 6.42. The van der Waals surface area contributed by atoms with E-state index in [-0.39, 0.29) is 0 Å². The van der Waals surface area contributed by atoms with Gasteiger partial charge in [-0.05, 0) is 86.8 Å². The molecule has 0 atom stereocenters. The summed E-state index contributed by atoms with van der Waals surface area (Å²) in [5.41, 5.74) is 21.7. The zero-order valence-corrected chi connectivity index (χ0v) is 54.2. The Morgan fingerprint density at radius 2 is 0.582 bits per heavy atom. The molecule has 2 nitrogen and oxygen atoms in total. The van der Waals surface area contributed by atoms with Gasteiger partial charge in [0.15, 0.2) is 0 Å². The van der Waals surface area contributed by atoms with Crippen LogP contribution in [0.3, 0.4) is 0 Å². The number of allylic oxidation sites excluding steroid dienone is 2. The molecule has 0 aromatic heterocycles. The van der Waals surface area contributed by atoms with Crippen LogP contribution in [0, 0.1) is 21.6 Å². The minimum Gasteiger partial charge on any atom is -0.493 e. The number of aryl methyl sites for hydroxylation is 2. The smallest absolute Gasteiger partial charge is 0.493 e. The first-order valence-electron chi connectivity index (χ1n) is 34.7. The molecule has 0 N–H and O–H groups in total. The Balaban J connectivity index is 0.000000541. The van der Waals surface area contributed by atoms with Crippen LogP contribution in [0.2, 0.25) is 0 Å². The van der Waals surface area contributed by atoms with E-state index < -0.39 is 0 Å². The van der Waals surface area contributed by atoms with E-state index >= 15 is 0 Å². The van der Waals surface area contributed by atoms with E-state index in [2.05, 4.69) is 112 Å². The second-order valence-electron chi connectivity index (χ2n) is 23.9. The Hall–Kier alpha value is -2.87. The fourth-order valence-corrected chi connectivity index (χ4v) is 11.9. The summed E-state index contributed by atoms with van der Waals surface area (Å²) < 4.78 is 1.56. The molecule has 1 aliphatic heterocycles. The average molecular weight is 1130 g/mol. The van der Waals surface area contributed by atoms with Gasteiger partial charge in [-0.25, -0.2) is 4.70 Å². The molecule has 0 bridgehead atoms. The molecule has 2 aromatic rings. The van der Waals surface area contributed by atoms with E-state index in [4.69, 9.17) is 0 Å². The molecule has 0 spiro atoms. The Labute approximate surface area is 499 Å². The predicted octanol–water partition coefficient (Wildman–Crippen LogP) is 25.8. The standard InChI is InChI=1S/C36H52N2.2C20H37.Ni/c1-5-9-13-15-19-29-21-17-23-31(27-29)35-33(25-11-7-3)34(26-12-8-4)36(38(35)37)32-24-18-22-30(28-32)20-16-14-10-6-2;2*1-3-5-7-9-11-13-15-17-19-20-18-16-14-12-10-8-6-4-2;/h17-18,21-24,27-28H,5-16,19-20,25-26H2,1-4H3;2*3,5-20H2,1H3;. The maximum absolute atomic E-state index is 11.9. The van der Waals surface area contributed by atoms with Gasteiger partial charge in [0.25, 0.3) is 0 Å². The van der Waals surface area contributed by atoms with Crippen molar-refractivity contribution < 1.29 is 19.1 Å². The van der Waals surface area contributed by atoms with Crippen LogP contribution < -0.4 is 0 Å². The molecule has 3 rings (SSSR count). The van der Waals surface area contributed by atoms with Gasteiger partial charge in [-0.2, -0.15) is 0 Å². The molecule has 0 saturated heterocycles. The Morgan fingerprint density at radius 1 is 0.316 bits per heavy atom. The zero-order valence-electron chi connectivity index (χ0n) is 53.2. The van der Waals surface area contributed by atoms with Gasteiger partial charge in [0, 0.05) is 22.3 Å². The van der Waals surface area contributed by atoms with Crippen molar-refractivity contribution in [2.45, 2.75) is 363 Å². The van der Waals surface area contributed by atoms with Gasteiger partial charge in [0.1, 0.15) is 0 Å². The second-order valence-corrected chi connectivity index (χ2v) is 24.6. The number of unbranched alkanes of at least 4 members (excludes halogenated alkanes) is 40. The number of benzene rings is 2. The molecule has 0 aliphatic carbocycles. The van der Waals surface area contributed by atoms with Crippen molar-refractivity contribution >= 4 is 11.4 Å². The van der Waals surface area contributed by atoms with Gasteiger partial charge in [-0.3, -0.25) is 0 Å². The van der Waals surface area contributed by atoms with Crippen molar-refractivity contribution in [3.05, 3.63) is 87.5 Å². The first kappa shape index (κ1) is 72.2. The minimum absolute atomic E-state index is 1.02. The van der Waals surface area contributed by atoms with Gasteiger partial charge in [-0.15, -0.1) is 0 Å². The molecule has 0 amide bonds. The second kappa shape index (κ2) is 54.4. The Morgan fingerprint density at radius 3 is 0.873 bits per heavy atom. The number of nitrogens with zero attached hydrogens (tertiary/aromatic N) is 2. The van der Waals surface area contributed by atoms with E-state index in [0.717, 1.165) is 86.7 Å². The van der Waals surface area contributed by atoms with Crippen molar-refractivity contribution in [1.29, 1.82) is 0 Å². The molecule has 1 heterocycles. The topological polar surface area (TPSA) is 25.3 Å². The quantitative estimate of drug-likeness (QED) is 0.0273. The van der Waals surface area contributed by atoms with Crippen LogP contribution in [0.5, 0.6) is 0 Å². The van der Waals surface area contributed by atoms with Crippen LogP contribution in [-0.2, 0) is 27.3 Å². The number of rotatable bonds is 50. The van der Waals surface area contributed by atoms with Crippen LogP contribution in [0.25, 0.3) is 16.9 Å². The van der Waals surface area contributed by atoms with E-state index in [9.17, 15) is 5.53 Å². The number of hydrogen-bond donors (Lipinski definition) is 0. The molecule has 1 aliphatic rings. The first-order chi connectivity index (χ1) is 39.1. The molecule has 3 heteroatoms. The third kappa shape index (κ3) is 37.8. The maximum atomic E-state index is 11.9. The van der Waals surface area contributed by atoms with Crippen molar-refractivity contribution in [2.24, 2.45) is 0 Å². The summed E-state index contributed by atoms with van der Waals surface area (Å²) in [6.07, 6.45) is 66.8. The van der Waals surface area contributed by atoms with Crippen LogP contribution in [0.15, 0.2) is 59.7 Å². The monoisotopic (exact) mass is 1120 g/mol. The first-order valence-corrected chi connectivity index (χ1v) is 35.7. The zero-order chi connectivity index (χ0) is 56.7. The minimum atomic E-state index is 1.02. The molecule has 2 aromatic carbocycles. The summed E-state index contributed by atoms with van der Waals surface area (Å²) in [6, 6.07) is 17.9. The summed E-state index contributed by atoms with van der Waals surface area (Å²) in [6.45, 7) is 13.7. The van der Waals surface area contributed by atoms with Gasteiger partial charge < -0.3 is 5.53 Å². The normalized spacial score (nSPS) is 12.3. The SMILES string of the molecule is CCCCCCCCCCCCCCCCCCC#[C][Ni][C]#CCCCCCCCCCCCCCCCCCC.CCCCCCc1cccc(C2=C(CCCC)C(CCCC)=C(c3cccc(CCCCCC)c3)[N+]2=[N-])c1. The van der Waals surface area contributed by atoms with Crippen molar-refractivity contribution in [2.75, 3.05) is 0 Å². The molecular weight excluding hydrogens is 1000 g/mol. The molecule has 0 radical (unpaired) electrons.